The highest BCUT2D eigenvalue weighted by molar-refractivity contribution is 5.86. The van der Waals surface area contributed by atoms with Crippen LogP contribution in [0.2, 0.25) is 0 Å². The van der Waals surface area contributed by atoms with Gasteiger partial charge in [-0.3, -0.25) is 14.7 Å². The van der Waals surface area contributed by atoms with Crippen molar-refractivity contribution in [2.24, 2.45) is 10.8 Å². The van der Waals surface area contributed by atoms with Crippen molar-refractivity contribution in [3.8, 4) is 11.1 Å². The Morgan fingerprint density at radius 3 is 2.02 bits per heavy atom. The highest BCUT2D eigenvalue weighted by atomic mass is 19.1. The van der Waals surface area contributed by atoms with Gasteiger partial charge in [0.05, 0.1) is 23.4 Å². The van der Waals surface area contributed by atoms with Crippen LogP contribution in [0.5, 0.6) is 0 Å². The molecule has 41 heavy (non-hydrogen) atoms. The molecule has 6 nitrogen and oxygen atoms in total. The summed E-state index contributed by atoms with van der Waals surface area (Å²) in [5.41, 5.74) is 5.82. The van der Waals surface area contributed by atoms with E-state index in [0.29, 0.717) is 5.41 Å². The second kappa shape index (κ2) is 12.4. The van der Waals surface area contributed by atoms with Gasteiger partial charge in [-0.1, -0.05) is 32.4 Å². The number of piperidine rings is 2. The van der Waals surface area contributed by atoms with Crippen molar-refractivity contribution >= 4 is 11.7 Å². The topological polar surface area (TPSA) is 76.9 Å². The monoisotopic (exact) mass is 567 g/mol. The number of pyridine rings is 1. The molecule has 1 aliphatic carbocycles. The number of carbonyl (C=O) groups is 1. The summed E-state index contributed by atoms with van der Waals surface area (Å²) in [5.74, 6) is -1.12. The number of nitrogens with zero attached hydrogens (tertiary/aromatic N) is 3. The van der Waals surface area contributed by atoms with Gasteiger partial charge in [0.2, 0.25) is 0 Å². The number of likely N-dealkylation sites (tertiary alicyclic amines) is 1. The van der Waals surface area contributed by atoms with E-state index >= 15 is 0 Å². The van der Waals surface area contributed by atoms with Crippen LogP contribution in [0.15, 0.2) is 24.3 Å². The fraction of sp³-hybridized carbons (Fsp3) is 0.647. The van der Waals surface area contributed by atoms with Gasteiger partial charge in [-0.25, -0.2) is 4.39 Å². The van der Waals surface area contributed by atoms with Gasteiger partial charge < -0.3 is 15.1 Å². The average molecular weight is 568 g/mol. The van der Waals surface area contributed by atoms with E-state index in [1.54, 1.807) is 20.8 Å². The zero-order valence-corrected chi connectivity index (χ0v) is 26.0. The lowest BCUT2D eigenvalue weighted by atomic mass is 9.63. The van der Waals surface area contributed by atoms with E-state index in [1.165, 1.54) is 44.2 Å². The largest absolute Gasteiger partial charge is 0.481 e. The molecule has 0 bridgehead atoms. The number of carboxylic acids is 1. The van der Waals surface area contributed by atoms with Gasteiger partial charge in [-0.15, -0.1) is 0 Å². The number of anilines is 1. The van der Waals surface area contributed by atoms with Crippen LogP contribution >= 0.6 is 0 Å². The van der Waals surface area contributed by atoms with Crippen molar-refractivity contribution in [3.63, 3.8) is 0 Å². The third-order valence-corrected chi connectivity index (χ3v) is 9.15. The van der Waals surface area contributed by atoms with Crippen LogP contribution < -0.4 is 4.90 Å². The fourth-order valence-electron chi connectivity index (χ4n) is 6.44. The first-order chi connectivity index (χ1) is 19.1. The molecule has 7 heteroatoms. The van der Waals surface area contributed by atoms with Crippen molar-refractivity contribution in [2.45, 2.75) is 105 Å². The van der Waals surface area contributed by atoms with Crippen LogP contribution in [0.3, 0.4) is 0 Å². The number of aromatic nitrogens is 1. The molecule has 2 aromatic rings. The van der Waals surface area contributed by atoms with Gasteiger partial charge in [0.15, 0.2) is 0 Å². The summed E-state index contributed by atoms with van der Waals surface area (Å²) < 4.78 is 13.9. The molecule has 0 amide bonds. The molecule has 2 N–H and O–H groups in total. The van der Waals surface area contributed by atoms with Crippen LogP contribution in [0.25, 0.3) is 11.1 Å². The Hall–Kier alpha value is -2.51. The average Bonchev–Trinajstić information content (AvgIpc) is 2.85. The van der Waals surface area contributed by atoms with Crippen LogP contribution in [0.4, 0.5) is 10.1 Å². The lowest BCUT2D eigenvalue weighted by molar-refractivity contribution is -0.136. The van der Waals surface area contributed by atoms with E-state index in [-0.39, 0.29) is 17.7 Å². The SMILES string of the molecule is CC(C)(C)O.Cc1nc(CN2CCC3(CCC3)CC2)c(-c2ccc(F)cc2)c(N2CCC(C)(C)CC2)c1CC(=O)O. The molecule has 2 aliphatic heterocycles. The smallest absolute Gasteiger partial charge is 0.307 e. The summed E-state index contributed by atoms with van der Waals surface area (Å²) in [6, 6.07) is 6.65. The van der Waals surface area contributed by atoms with Gasteiger partial charge in [0.1, 0.15) is 5.82 Å². The maximum atomic E-state index is 13.9. The lowest BCUT2D eigenvalue weighted by Crippen LogP contribution is -2.43. The zero-order valence-electron chi connectivity index (χ0n) is 26.0. The number of hydrogen-bond donors (Lipinski definition) is 2. The minimum atomic E-state index is -0.849. The summed E-state index contributed by atoms with van der Waals surface area (Å²) in [5, 5.41) is 18.3. The summed E-state index contributed by atoms with van der Waals surface area (Å²) in [6.45, 7) is 16.4. The molecule has 226 valence electrons. The van der Waals surface area contributed by atoms with Crippen LogP contribution in [0.1, 0.15) is 96.5 Å². The van der Waals surface area contributed by atoms with E-state index in [0.717, 1.165) is 79.3 Å². The van der Waals surface area contributed by atoms with E-state index in [9.17, 15) is 14.3 Å². The number of aliphatic carboxylic acids is 1. The number of carboxylic acid groups (broad SMARTS) is 1. The van der Waals surface area contributed by atoms with Crippen LogP contribution in [0, 0.1) is 23.6 Å². The van der Waals surface area contributed by atoms with Crippen molar-refractivity contribution in [1.29, 1.82) is 0 Å². The van der Waals surface area contributed by atoms with E-state index in [4.69, 9.17) is 10.1 Å². The standard InChI is InChI=1S/C30H40FN3O2.C4H10O/c1-21-24(19-26(35)36)28(34-17-11-29(2,3)12-18-34)27(22-5-7-23(31)8-6-22)25(32-21)20-33-15-13-30(14-16-33)9-4-10-30;1-4(2,3)5/h5-8H,4,9-20H2,1-3H3,(H,35,36);5H,1-3H3. The van der Waals surface area contributed by atoms with Crippen LogP contribution in [-0.4, -0.2) is 57.8 Å². The molecule has 0 atom stereocenters. The third kappa shape index (κ3) is 8.29. The van der Waals surface area contributed by atoms with Gasteiger partial charge >= 0.3 is 5.97 Å². The van der Waals surface area contributed by atoms with Gasteiger partial charge in [0.25, 0.3) is 0 Å². The third-order valence-electron chi connectivity index (χ3n) is 9.15. The zero-order chi connectivity index (χ0) is 30.0. The van der Waals surface area contributed by atoms with Crippen molar-refractivity contribution in [3.05, 3.63) is 47.0 Å². The second-order valence-electron chi connectivity index (χ2n) is 14.4. The predicted octanol–water partition coefficient (Wildman–Crippen LogP) is 6.99. The highest BCUT2D eigenvalue weighted by Gasteiger charge is 2.40. The summed E-state index contributed by atoms with van der Waals surface area (Å²) in [6.07, 6.45) is 8.66. The summed E-state index contributed by atoms with van der Waals surface area (Å²) in [7, 11) is 0. The molecule has 3 aliphatic rings. The normalized spacial score (nSPS) is 20.2. The minimum absolute atomic E-state index is 0.0607. The number of hydrogen-bond acceptors (Lipinski definition) is 5. The highest BCUT2D eigenvalue weighted by Crippen LogP contribution is 2.49. The van der Waals surface area contributed by atoms with Crippen LogP contribution in [-0.2, 0) is 17.8 Å². The first-order valence-corrected chi connectivity index (χ1v) is 15.3. The van der Waals surface area contributed by atoms with Crippen molar-refractivity contribution in [2.75, 3.05) is 31.1 Å². The molecule has 3 fully saturated rings. The first kappa shape index (κ1) is 31.4. The Labute approximate surface area is 246 Å². The van der Waals surface area contributed by atoms with E-state index in [1.807, 2.05) is 19.1 Å². The molecule has 5 rings (SSSR count). The minimum Gasteiger partial charge on any atom is -0.481 e. The van der Waals surface area contributed by atoms with Crippen molar-refractivity contribution in [1.82, 2.24) is 9.88 Å². The molecule has 3 heterocycles. The van der Waals surface area contributed by atoms with E-state index < -0.39 is 11.6 Å². The Kier molecular flexibility index (Phi) is 9.49. The number of rotatable bonds is 6. The molecular weight excluding hydrogens is 517 g/mol. The molecular formula is C34H50FN3O3. The maximum Gasteiger partial charge on any atom is 0.307 e. The Morgan fingerprint density at radius 1 is 0.976 bits per heavy atom. The number of benzene rings is 1. The molecule has 0 radical (unpaired) electrons. The second-order valence-corrected chi connectivity index (χ2v) is 14.4. The fourth-order valence-corrected chi connectivity index (χ4v) is 6.44. The molecule has 2 saturated heterocycles. The molecule has 1 aromatic carbocycles. The summed E-state index contributed by atoms with van der Waals surface area (Å²) in [4.78, 5) is 21.9. The quantitative estimate of drug-likeness (QED) is 0.392. The maximum absolute atomic E-state index is 13.9. The number of aryl methyl sites for hydroxylation is 1. The van der Waals surface area contributed by atoms with Gasteiger partial charge in [0, 0.05) is 36.5 Å². The Balaban J connectivity index is 0.000000714. The molecule has 1 aromatic heterocycles. The Bertz CT molecular complexity index is 1190. The number of aliphatic hydroxyl groups is 1. The Morgan fingerprint density at radius 2 is 1.54 bits per heavy atom. The lowest BCUT2D eigenvalue weighted by Gasteiger charge is -2.48. The molecule has 1 saturated carbocycles. The molecule has 1 spiro atoms. The summed E-state index contributed by atoms with van der Waals surface area (Å²) >= 11 is 0. The predicted molar refractivity (Wildman–Crippen MR) is 164 cm³/mol. The number of halogens is 1. The van der Waals surface area contributed by atoms with E-state index in [2.05, 4.69) is 23.6 Å². The van der Waals surface area contributed by atoms with Gasteiger partial charge in [-0.2, -0.15) is 0 Å². The van der Waals surface area contributed by atoms with Crippen molar-refractivity contribution < 1.29 is 19.4 Å². The first-order valence-electron chi connectivity index (χ1n) is 15.3. The molecule has 0 unspecified atom stereocenters. The van der Waals surface area contributed by atoms with Gasteiger partial charge in [-0.05, 0) is 108 Å².